The van der Waals surface area contributed by atoms with Crippen LogP contribution < -0.4 is 0 Å². The van der Waals surface area contributed by atoms with E-state index in [4.69, 9.17) is 0 Å². The van der Waals surface area contributed by atoms with Crippen LogP contribution in [0.2, 0.25) is 0 Å². The van der Waals surface area contributed by atoms with Crippen LogP contribution >= 0.6 is 28.6 Å². The molecule has 68 valence electrons. The van der Waals surface area contributed by atoms with Gasteiger partial charge in [0.2, 0.25) is 0 Å². The van der Waals surface area contributed by atoms with Crippen LogP contribution in [0.4, 0.5) is 0 Å². The van der Waals surface area contributed by atoms with Gasteiger partial charge in [-0.05, 0) is 40.5 Å². The summed E-state index contributed by atoms with van der Waals surface area (Å²) in [6, 6.07) is 6.18. The molecule has 3 heteroatoms. The maximum absolute atomic E-state index is 4.33. The quantitative estimate of drug-likeness (QED) is 0.745. The highest BCUT2D eigenvalue weighted by molar-refractivity contribution is 9.10. The number of thiol groups is 1. The van der Waals surface area contributed by atoms with Crippen LogP contribution in [0.15, 0.2) is 28.9 Å². The zero-order valence-electron chi connectivity index (χ0n) is 7.29. The van der Waals surface area contributed by atoms with E-state index >= 15 is 0 Å². The van der Waals surface area contributed by atoms with Crippen molar-refractivity contribution in [3.05, 3.63) is 40.1 Å². The molecule has 0 atom stereocenters. The van der Waals surface area contributed by atoms with Gasteiger partial charge in [0.15, 0.2) is 0 Å². The number of aromatic nitrogens is 1. The largest absolute Gasteiger partial charge is 0.319 e. The molecule has 2 heterocycles. The second-order valence-corrected chi connectivity index (χ2v) is 4.11. The van der Waals surface area contributed by atoms with E-state index in [1.807, 2.05) is 12.1 Å². The van der Waals surface area contributed by atoms with Gasteiger partial charge in [0.1, 0.15) is 0 Å². The Morgan fingerprint density at radius 1 is 1.46 bits per heavy atom. The predicted molar refractivity (Wildman–Crippen MR) is 62.5 cm³/mol. The summed E-state index contributed by atoms with van der Waals surface area (Å²) in [6.07, 6.45) is 2.07. The highest BCUT2D eigenvalue weighted by atomic mass is 79.9. The third kappa shape index (κ3) is 1.30. The summed E-state index contributed by atoms with van der Waals surface area (Å²) >= 11 is 7.92. The van der Waals surface area contributed by atoms with E-state index in [0.717, 1.165) is 5.75 Å². The van der Waals surface area contributed by atoms with Crippen molar-refractivity contribution in [3.63, 3.8) is 0 Å². The second-order valence-electron chi connectivity index (χ2n) is 3.00. The van der Waals surface area contributed by atoms with E-state index in [9.17, 15) is 0 Å². The first-order chi connectivity index (χ1) is 6.25. The minimum absolute atomic E-state index is 0.766. The van der Waals surface area contributed by atoms with Crippen molar-refractivity contribution in [3.8, 4) is 0 Å². The topological polar surface area (TPSA) is 4.41 Å². The molecule has 0 aromatic carbocycles. The molecule has 0 N–H and O–H groups in total. The van der Waals surface area contributed by atoms with E-state index in [1.54, 1.807) is 0 Å². The Morgan fingerprint density at radius 3 is 2.92 bits per heavy atom. The molecular weight excluding hydrogens is 246 g/mol. The Bertz CT molecular complexity index is 447. The van der Waals surface area contributed by atoms with Gasteiger partial charge in [-0.25, -0.2) is 0 Å². The zero-order valence-corrected chi connectivity index (χ0v) is 9.77. The average molecular weight is 256 g/mol. The van der Waals surface area contributed by atoms with Crippen LogP contribution in [0, 0.1) is 6.92 Å². The van der Waals surface area contributed by atoms with Gasteiger partial charge in [-0.1, -0.05) is 6.07 Å². The maximum atomic E-state index is 4.33. The van der Waals surface area contributed by atoms with Gasteiger partial charge in [-0.15, -0.1) is 0 Å². The first kappa shape index (κ1) is 9.16. The molecule has 0 amide bonds. The van der Waals surface area contributed by atoms with Crippen molar-refractivity contribution >= 4 is 34.1 Å². The van der Waals surface area contributed by atoms with Crippen LogP contribution in [0.25, 0.3) is 5.52 Å². The molecule has 2 rings (SSSR count). The third-order valence-corrected chi connectivity index (χ3v) is 3.59. The molecule has 0 bridgehead atoms. The van der Waals surface area contributed by atoms with Gasteiger partial charge >= 0.3 is 0 Å². The first-order valence-corrected chi connectivity index (χ1v) is 5.53. The summed E-state index contributed by atoms with van der Waals surface area (Å²) in [5.74, 6) is 0.766. The number of hydrogen-bond acceptors (Lipinski definition) is 1. The molecule has 0 aliphatic carbocycles. The van der Waals surface area contributed by atoms with Crippen LogP contribution in [0.3, 0.4) is 0 Å². The molecule has 0 saturated carbocycles. The molecule has 2 aromatic rings. The minimum atomic E-state index is 0.766. The van der Waals surface area contributed by atoms with Gasteiger partial charge < -0.3 is 4.40 Å². The fourth-order valence-corrected chi connectivity index (χ4v) is 2.49. The summed E-state index contributed by atoms with van der Waals surface area (Å²) in [5, 5.41) is 0. The van der Waals surface area contributed by atoms with E-state index in [-0.39, 0.29) is 0 Å². The molecule has 0 spiro atoms. The predicted octanol–water partition coefficient (Wildman–Crippen LogP) is 3.44. The normalized spacial score (nSPS) is 11.0. The molecule has 13 heavy (non-hydrogen) atoms. The van der Waals surface area contributed by atoms with Crippen LogP contribution in [-0.2, 0) is 5.75 Å². The maximum Gasteiger partial charge on any atom is 0.0598 e. The highest BCUT2D eigenvalue weighted by Gasteiger charge is 2.10. The number of hydrogen-bond donors (Lipinski definition) is 1. The molecule has 0 radical (unpaired) electrons. The van der Waals surface area contributed by atoms with Crippen LogP contribution in [-0.4, -0.2) is 4.40 Å². The Kier molecular flexibility index (Phi) is 2.39. The Hall–Kier alpha value is -0.410. The van der Waals surface area contributed by atoms with Crippen LogP contribution in [0.1, 0.15) is 11.3 Å². The lowest BCUT2D eigenvalue weighted by molar-refractivity contribution is 1.08. The molecule has 1 nitrogen and oxygen atoms in total. The fourth-order valence-electron chi connectivity index (χ4n) is 1.55. The molecule has 0 unspecified atom stereocenters. The number of fused-ring (bicyclic) bond motifs is 1. The lowest BCUT2D eigenvalue weighted by atomic mass is 10.3. The monoisotopic (exact) mass is 255 g/mol. The van der Waals surface area contributed by atoms with Gasteiger partial charge in [-0.2, -0.15) is 12.6 Å². The second kappa shape index (κ2) is 3.39. The van der Waals surface area contributed by atoms with Crippen molar-refractivity contribution in [1.82, 2.24) is 4.40 Å². The van der Waals surface area contributed by atoms with Crippen molar-refractivity contribution < 1.29 is 0 Å². The Morgan fingerprint density at radius 2 is 2.23 bits per heavy atom. The molecule has 2 aromatic heterocycles. The molecular formula is C10H10BrNS. The summed E-state index contributed by atoms with van der Waals surface area (Å²) in [6.45, 7) is 2.11. The smallest absolute Gasteiger partial charge is 0.0598 e. The van der Waals surface area contributed by atoms with Gasteiger partial charge in [0.25, 0.3) is 0 Å². The number of pyridine rings is 1. The van der Waals surface area contributed by atoms with Gasteiger partial charge in [0.05, 0.1) is 5.52 Å². The van der Waals surface area contributed by atoms with Crippen molar-refractivity contribution in [2.75, 3.05) is 0 Å². The lowest BCUT2D eigenvalue weighted by Crippen LogP contribution is -1.89. The average Bonchev–Trinajstić information content (AvgIpc) is 2.41. The first-order valence-electron chi connectivity index (χ1n) is 4.10. The van der Waals surface area contributed by atoms with E-state index in [0.29, 0.717) is 0 Å². The summed E-state index contributed by atoms with van der Waals surface area (Å²) < 4.78 is 3.35. The van der Waals surface area contributed by atoms with Crippen molar-refractivity contribution in [2.24, 2.45) is 0 Å². The van der Waals surface area contributed by atoms with Gasteiger partial charge in [-0.3, -0.25) is 0 Å². The minimum Gasteiger partial charge on any atom is -0.319 e. The molecule has 0 saturated heterocycles. The third-order valence-electron chi connectivity index (χ3n) is 2.29. The number of rotatable bonds is 1. The number of halogens is 1. The van der Waals surface area contributed by atoms with E-state index < -0.39 is 0 Å². The number of nitrogens with zero attached hydrogens (tertiary/aromatic N) is 1. The molecule has 0 fully saturated rings. The van der Waals surface area contributed by atoms with Crippen molar-refractivity contribution in [2.45, 2.75) is 12.7 Å². The van der Waals surface area contributed by atoms with Crippen molar-refractivity contribution in [1.29, 1.82) is 0 Å². The molecule has 0 aliphatic rings. The van der Waals surface area contributed by atoms with E-state index in [2.05, 4.69) is 52.1 Å². The SMILES string of the molecule is Cc1c(Br)c2ccccn2c1CS. The summed E-state index contributed by atoms with van der Waals surface area (Å²) in [7, 11) is 0. The van der Waals surface area contributed by atoms with Crippen LogP contribution in [0.5, 0.6) is 0 Å². The Balaban J connectivity index is 2.90. The Labute approximate surface area is 91.3 Å². The van der Waals surface area contributed by atoms with E-state index in [1.165, 1.54) is 21.2 Å². The highest BCUT2D eigenvalue weighted by Crippen LogP contribution is 2.28. The zero-order chi connectivity index (χ0) is 9.42. The fraction of sp³-hybridized carbons (Fsp3) is 0.200. The molecule has 0 aliphatic heterocycles. The summed E-state index contributed by atoms with van der Waals surface area (Å²) in [4.78, 5) is 0. The lowest BCUT2D eigenvalue weighted by Gasteiger charge is -1.98. The van der Waals surface area contributed by atoms with Gasteiger partial charge in [0, 0.05) is 22.1 Å². The summed E-state index contributed by atoms with van der Waals surface area (Å²) in [5.41, 5.74) is 3.75. The standard InChI is InChI=1S/C10H10BrNS/c1-7-9(6-13)12-5-3-2-4-8(12)10(7)11/h2-5,13H,6H2,1H3.